The van der Waals surface area contributed by atoms with E-state index in [4.69, 9.17) is 0 Å². The quantitative estimate of drug-likeness (QED) is 0.744. The molecule has 0 aliphatic heterocycles. The first-order valence-corrected chi connectivity index (χ1v) is 7.25. The smallest absolute Gasteiger partial charge is 0.273 e. The number of H-pyrrole nitrogens is 1. The summed E-state index contributed by atoms with van der Waals surface area (Å²) in [5, 5.41) is 3.40. The Bertz CT molecular complexity index is 762. The van der Waals surface area contributed by atoms with Crippen LogP contribution in [-0.4, -0.2) is 15.9 Å². The summed E-state index contributed by atoms with van der Waals surface area (Å²) in [5.41, 5.74) is 2.59. The zero-order valence-electron chi connectivity index (χ0n) is 10.0. The van der Waals surface area contributed by atoms with Gasteiger partial charge in [-0.05, 0) is 46.6 Å². The first kappa shape index (κ1) is 12.4. The minimum atomic E-state index is -0.193. The van der Waals surface area contributed by atoms with Crippen LogP contribution in [0.25, 0.3) is 10.2 Å². The second-order valence-corrected chi connectivity index (χ2v) is 6.12. The fourth-order valence-corrected chi connectivity index (χ4v) is 3.05. The number of carbonyl (C=O) groups excluding carboxylic acids is 1. The van der Waals surface area contributed by atoms with E-state index < -0.39 is 0 Å². The van der Waals surface area contributed by atoms with E-state index in [0.717, 1.165) is 14.7 Å². The van der Waals surface area contributed by atoms with E-state index in [-0.39, 0.29) is 5.91 Å². The van der Waals surface area contributed by atoms with E-state index in [2.05, 4.69) is 37.3 Å². The molecule has 2 heterocycles. The number of nitrogens with zero attached hydrogens (tertiary/aromatic N) is 1. The molecule has 3 aromatic rings. The summed E-state index contributed by atoms with van der Waals surface area (Å²) in [7, 11) is 0. The van der Waals surface area contributed by atoms with E-state index in [9.17, 15) is 4.79 Å². The summed E-state index contributed by atoms with van der Waals surface area (Å²) in [6.45, 7) is 2.04. The lowest BCUT2D eigenvalue weighted by molar-refractivity contribution is 0.102. The Morgan fingerprint density at radius 3 is 3.00 bits per heavy atom. The number of anilines is 1. The van der Waals surface area contributed by atoms with Crippen molar-refractivity contribution < 1.29 is 4.79 Å². The number of benzene rings is 1. The van der Waals surface area contributed by atoms with Gasteiger partial charge in [0.15, 0.2) is 5.13 Å². The van der Waals surface area contributed by atoms with E-state index >= 15 is 0 Å². The topological polar surface area (TPSA) is 57.8 Å². The summed E-state index contributed by atoms with van der Waals surface area (Å²) in [4.78, 5) is 19.2. The number of aryl methyl sites for hydroxylation is 1. The van der Waals surface area contributed by atoms with E-state index in [1.54, 1.807) is 12.3 Å². The molecule has 1 aromatic carbocycles. The molecular weight excluding hydrogens is 326 g/mol. The Kier molecular flexibility index (Phi) is 3.12. The van der Waals surface area contributed by atoms with Crippen molar-refractivity contribution in [2.45, 2.75) is 6.92 Å². The van der Waals surface area contributed by atoms with Crippen LogP contribution in [0.4, 0.5) is 5.13 Å². The summed E-state index contributed by atoms with van der Waals surface area (Å²) in [5.74, 6) is -0.193. The predicted octanol–water partition coefficient (Wildman–Crippen LogP) is 3.95. The van der Waals surface area contributed by atoms with Crippen LogP contribution in [0.5, 0.6) is 0 Å². The number of carbonyl (C=O) groups is 1. The second-order valence-electron chi connectivity index (χ2n) is 4.18. The zero-order chi connectivity index (χ0) is 13.4. The fraction of sp³-hybridized carbons (Fsp3) is 0.0769. The van der Waals surface area contributed by atoms with Crippen molar-refractivity contribution in [3.8, 4) is 0 Å². The van der Waals surface area contributed by atoms with Crippen LogP contribution in [0, 0.1) is 6.92 Å². The number of rotatable bonds is 2. The minimum Gasteiger partial charge on any atom is -0.356 e. The molecule has 6 heteroatoms. The van der Waals surface area contributed by atoms with E-state index in [1.807, 2.05) is 19.1 Å². The van der Waals surface area contributed by atoms with Gasteiger partial charge in [0.25, 0.3) is 5.91 Å². The normalized spacial score (nSPS) is 10.8. The molecular formula is C13H10BrN3OS. The largest absolute Gasteiger partial charge is 0.356 e. The predicted molar refractivity (Wildman–Crippen MR) is 80.8 cm³/mol. The lowest BCUT2D eigenvalue weighted by atomic mass is 10.2. The van der Waals surface area contributed by atoms with E-state index in [1.165, 1.54) is 16.9 Å². The molecule has 0 saturated heterocycles. The number of hydrogen-bond acceptors (Lipinski definition) is 3. The standard InChI is InChI=1S/C13H10BrN3OS/c1-7-2-3-9-11(4-7)19-13(16-9)17-12(18)10-5-8(14)6-15-10/h2-6,15H,1H3,(H,16,17,18). The summed E-state index contributed by atoms with van der Waals surface area (Å²) in [6, 6.07) is 7.76. The molecule has 0 spiro atoms. The molecule has 0 saturated carbocycles. The highest BCUT2D eigenvalue weighted by molar-refractivity contribution is 9.10. The van der Waals surface area contributed by atoms with Crippen LogP contribution in [0.2, 0.25) is 0 Å². The molecule has 2 N–H and O–H groups in total. The molecule has 0 unspecified atom stereocenters. The number of amides is 1. The molecule has 4 nitrogen and oxygen atoms in total. The Labute approximate surface area is 122 Å². The SMILES string of the molecule is Cc1ccc2nc(NC(=O)c3cc(Br)c[nH]3)sc2c1. The molecule has 0 aliphatic carbocycles. The lowest BCUT2D eigenvalue weighted by Crippen LogP contribution is -2.11. The second kappa shape index (κ2) is 4.79. The maximum atomic E-state index is 12.0. The first-order chi connectivity index (χ1) is 9.11. The van der Waals surface area contributed by atoms with Crippen molar-refractivity contribution in [1.82, 2.24) is 9.97 Å². The van der Waals surface area contributed by atoms with Crippen molar-refractivity contribution in [2.75, 3.05) is 5.32 Å². The van der Waals surface area contributed by atoms with Gasteiger partial charge < -0.3 is 4.98 Å². The van der Waals surface area contributed by atoms with Gasteiger partial charge in [-0.2, -0.15) is 0 Å². The highest BCUT2D eigenvalue weighted by atomic mass is 79.9. The molecule has 0 radical (unpaired) electrons. The molecule has 0 fully saturated rings. The third kappa shape index (κ3) is 2.54. The number of hydrogen-bond donors (Lipinski definition) is 2. The Morgan fingerprint density at radius 2 is 2.26 bits per heavy atom. The molecule has 0 aliphatic rings. The number of halogens is 1. The van der Waals surface area contributed by atoms with Crippen LogP contribution >= 0.6 is 27.3 Å². The van der Waals surface area contributed by atoms with E-state index in [0.29, 0.717) is 10.8 Å². The Hall–Kier alpha value is -1.66. The molecule has 1 amide bonds. The molecule has 2 aromatic heterocycles. The Balaban J connectivity index is 1.87. The molecule has 0 atom stereocenters. The van der Waals surface area contributed by atoms with Crippen LogP contribution in [0.1, 0.15) is 16.1 Å². The molecule has 96 valence electrons. The summed E-state index contributed by atoms with van der Waals surface area (Å²) in [6.07, 6.45) is 1.72. The minimum absolute atomic E-state index is 0.193. The maximum Gasteiger partial charge on any atom is 0.273 e. The number of fused-ring (bicyclic) bond motifs is 1. The van der Waals surface area contributed by atoms with Gasteiger partial charge in [0, 0.05) is 10.7 Å². The molecule has 19 heavy (non-hydrogen) atoms. The van der Waals surface area contributed by atoms with Crippen molar-refractivity contribution in [2.24, 2.45) is 0 Å². The van der Waals surface area contributed by atoms with Crippen LogP contribution in [0.15, 0.2) is 34.9 Å². The number of aromatic amines is 1. The van der Waals surface area contributed by atoms with Crippen LogP contribution < -0.4 is 5.32 Å². The lowest BCUT2D eigenvalue weighted by Gasteiger charge is -1.97. The average Bonchev–Trinajstić information content (AvgIpc) is 2.94. The van der Waals surface area contributed by atoms with Gasteiger partial charge in [-0.3, -0.25) is 10.1 Å². The monoisotopic (exact) mass is 335 g/mol. The maximum absolute atomic E-state index is 12.0. The highest BCUT2D eigenvalue weighted by Gasteiger charge is 2.11. The molecule has 0 bridgehead atoms. The number of aromatic nitrogens is 2. The van der Waals surface area contributed by atoms with Gasteiger partial charge in [0.2, 0.25) is 0 Å². The number of nitrogens with one attached hydrogen (secondary N) is 2. The van der Waals surface area contributed by atoms with Crippen LogP contribution in [-0.2, 0) is 0 Å². The molecule has 3 rings (SSSR count). The highest BCUT2D eigenvalue weighted by Crippen LogP contribution is 2.27. The van der Waals surface area contributed by atoms with Gasteiger partial charge in [0.05, 0.1) is 10.2 Å². The van der Waals surface area contributed by atoms with Crippen LogP contribution in [0.3, 0.4) is 0 Å². The van der Waals surface area contributed by atoms with Gasteiger partial charge >= 0.3 is 0 Å². The van der Waals surface area contributed by atoms with Crippen molar-refractivity contribution >= 4 is 48.5 Å². The third-order valence-electron chi connectivity index (χ3n) is 2.66. The fourth-order valence-electron chi connectivity index (χ4n) is 1.75. The zero-order valence-corrected chi connectivity index (χ0v) is 12.4. The summed E-state index contributed by atoms with van der Waals surface area (Å²) >= 11 is 4.77. The van der Waals surface area contributed by atoms with Crippen molar-refractivity contribution in [3.63, 3.8) is 0 Å². The summed E-state index contributed by atoms with van der Waals surface area (Å²) < 4.78 is 1.92. The first-order valence-electron chi connectivity index (χ1n) is 5.64. The van der Waals surface area contributed by atoms with Crippen molar-refractivity contribution in [1.29, 1.82) is 0 Å². The number of thiazole rings is 1. The average molecular weight is 336 g/mol. The van der Waals surface area contributed by atoms with Gasteiger partial charge in [-0.25, -0.2) is 4.98 Å². The van der Waals surface area contributed by atoms with Gasteiger partial charge in [-0.1, -0.05) is 17.4 Å². The Morgan fingerprint density at radius 1 is 1.42 bits per heavy atom. The van der Waals surface area contributed by atoms with Gasteiger partial charge in [-0.15, -0.1) is 0 Å². The van der Waals surface area contributed by atoms with Gasteiger partial charge in [0.1, 0.15) is 5.69 Å². The third-order valence-corrected chi connectivity index (χ3v) is 4.05. The van der Waals surface area contributed by atoms with Crippen molar-refractivity contribution in [3.05, 3.63) is 46.2 Å².